The van der Waals surface area contributed by atoms with Crippen molar-refractivity contribution in [1.82, 2.24) is 25.3 Å². The molecule has 4 atom stereocenters. The number of ether oxygens (including phenoxy) is 2. The summed E-state index contributed by atoms with van der Waals surface area (Å²) in [7, 11) is 9.99. The van der Waals surface area contributed by atoms with Crippen LogP contribution < -0.4 is 34.9 Å². The first-order valence-corrected chi connectivity index (χ1v) is 46.0. The molecule has 3 aliphatic carbocycles. The Morgan fingerprint density at radius 1 is 0.810 bits per heavy atom. The molecule has 2 heterocycles. The molecule has 0 aliphatic heterocycles. The summed E-state index contributed by atoms with van der Waals surface area (Å²) in [6.07, 6.45) is 16.9. The second kappa shape index (κ2) is 57.4. The van der Waals surface area contributed by atoms with Gasteiger partial charge in [0.1, 0.15) is 42.9 Å². The molecule has 0 saturated heterocycles. The largest absolute Gasteiger partial charge is 0.324 e. The molecule has 36 heteroatoms. The summed E-state index contributed by atoms with van der Waals surface area (Å²) < 4.78 is 18.3. The van der Waals surface area contributed by atoms with Crippen molar-refractivity contribution in [2.24, 2.45) is 11.5 Å². The minimum absolute atomic E-state index is 0. The fourth-order valence-electron chi connectivity index (χ4n) is 6.68. The van der Waals surface area contributed by atoms with Crippen LogP contribution in [0.3, 0.4) is 0 Å². The fourth-order valence-corrected chi connectivity index (χ4v) is 7.18. The number of nitrogens with zero attached hydrogens (tertiary/aromatic N) is 7. The number of hydrogen-bond acceptors (Lipinski definition) is 21. The van der Waals surface area contributed by atoms with E-state index in [1.165, 1.54) is 39.9 Å². The smallest absolute Gasteiger partial charge is 0.300 e. The number of Topliss-reactive ketones (excluding diaryl/α,β-unsaturated/α-hetero) is 2. The molecule has 0 bridgehead atoms. The molecule has 5 rings (SSSR count). The van der Waals surface area contributed by atoms with E-state index in [4.69, 9.17) is 65.4 Å². The van der Waals surface area contributed by atoms with Gasteiger partial charge in [0.2, 0.25) is 30.8 Å². The number of anilines is 1. The summed E-state index contributed by atoms with van der Waals surface area (Å²) in [4.78, 5) is 90.3. The van der Waals surface area contributed by atoms with Crippen LogP contribution in [-0.4, -0.2) is 131 Å². The van der Waals surface area contributed by atoms with Gasteiger partial charge in [0.25, 0.3) is 0 Å². The van der Waals surface area contributed by atoms with Gasteiger partial charge in [0.15, 0.2) is 5.78 Å². The molecular formula is C43H72Cl5I6N10O14S-. The third-order valence-corrected chi connectivity index (χ3v) is 11.2. The van der Waals surface area contributed by atoms with E-state index in [9.17, 15) is 44.2 Å². The van der Waals surface area contributed by atoms with Gasteiger partial charge in [-0.2, -0.15) is 9.97 Å². The zero-order chi connectivity index (χ0) is 60.2. The van der Waals surface area contributed by atoms with E-state index in [1.54, 1.807) is 11.8 Å². The summed E-state index contributed by atoms with van der Waals surface area (Å²) in [6, 6.07) is -1.41. The first-order chi connectivity index (χ1) is 36.3. The predicted octanol–water partition coefficient (Wildman–Crippen LogP) is 8.97. The van der Waals surface area contributed by atoms with Crippen LogP contribution in [0.4, 0.5) is 17.2 Å². The van der Waals surface area contributed by atoms with Crippen molar-refractivity contribution in [3.8, 4) is 0 Å². The number of nitrogens with one attached hydrogen (secondary N) is 1. The zero-order valence-electron chi connectivity index (χ0n) is 43.3. The van der Waals surface area contributed by atoms with Crippen LogP contribution in [0.25, 0.3) is 0 Å². The molecule has 0 aromatic carbocycles. The van der Waals surface area contributed by atoms with Crippen molar-refractivity contribution < 1.29 is 71.0 Å². The molecule has 0 spiro atoms. The minimum Gasteiger partial charge on any atom is -0.300 e. The Bertz CT molecular complexity index is 2050. The fraction of sp³-hybridized carbons (Fsp3) is 0.698. The van der Waals surface area contributed by atoms with Gasteiger partial charge in [-0.05, 0) is 87.4 Å². The summed E-state index contributed by atoms with van der Waals surface area (Å²) in [5, 5.41) is 41.1. The molecular weight excluding hydrogens is 1850 g/mol. The molecule has 7 N–H and O–H groups in total. The number of aromatic nitrogens is 4. The summed E-state index contributed by atoms with van der Waals surface area (Å²) >= 11 is 26.0. The number of ketones is 2. The molecule has 3 fully saturated rings. The minimum atomic E-state index is -1.67. The monoisotopic (exact) mass is 1920 g/mol. The Hall–Kier alpha value is 0.330. The van der Waals surface area contributed by atoms with E-state index in [-0.39, 0.29) is 94.8 Å². The maximum absolute atomic E-state index is 12.2. The number of carboxylic acids is 1. The van der Waals surface area contributed by atoms with Crippen molar-refractivity contribution in [2.75, 3.05) is 25.7 Å². The van der Waals surface area contributed by atoms with Crippen LogP contribution in [0.2, 0.25) is 15.7 Å². The molecule has 79 heavy (non-hydrogen) atoms. The van der Waals surface area contributed by atoms with Crippen molar-refractivity contribution in [1.29, 1.82) is 0 Å². The van der Waals surface area contributed by atoms with Crippen LogP contribution in [0, 0.1) is 20.2 Å². The van der Waals surface area contributed by atoms with E-state index in [0.717, 1.165) is 70.2 Å². The SMILES string of the molecule is C.CC[C@@H](N)C(=O)O.CC[C@@H](N)C(=O)OC.CC[C@@H](NC1CCCC1)C(=O)CO.CC[C@H](C(=O)OC)N(c1nc(Cl)ncc1[N+](=O)[O-])C1CCCC1.I.II.I[I-]I.O=C1CCCC1.O=S(Cl)Cl.O=[N+]([O-])c1cnc(Cl)nc1Cl. The number of nitro groups is 2. The average Bonchev–Trinajstić information content (AvgIpc) is 4.24. The second-order valence-corrected chi connectivity index (χ2v) is 35.4. The molecule has 3 aliphatic rings. The normalized spacial score (nSPS) is 14.4. The van der Waals surface area contributed by atoms with E-state index in [0.29, 0.717) is 44.3 Å². The van der Waals surface area contributed by atoms with Gasteiger partial charge in [0, 0.05) is 83.5 Å². The third-order valence-electron chi connectivity index (χ3n) is 10.6. The number of rotatable bonds is 16. The number of carbonyl (C=O) groups excluding carboxylic acids is 4. The number of carbonyl (C=O) groups is 5. The van der Waals surface area contributed by atoms with E-state index < -0.39 is 49.1 Å². The van der Waals surface area contributed by atoms with Crippen molar-refractivity contribution >= 4 is 211 Å². The maximum Gasteiger partial charge on any atom is 0.324 e. The van der Waals surface area contributed by atoms with E-state index in [1.807, 2.05) is 20.8 Å². The van der Waals surface area contributed by atoms with Gasteiger partial charge in [0.05, 0.1) is 30.1 Å². The van der Waals surface area contributed by atoms with Crippen LogP contribution in [0.15, 0.2) is 12.4 Å². The molecule has 2 aromatic rings. The Morgan fingerprint density at radius 3 is 1.53 bits per heavy atom. The van der Waals surface area contributed by atoms with E-state index in [2.05, 4.69) is 126 Å². The molecule has 0 unspecified atom stereocenters. The van der Waals surface area contributed by atoms with Crippen molar-refractivity contribution in [3.05, 3.63) is 48.3 Å². The number of hydrogen-bond donors (Lipinski definition) is 5. The number of aliphatic carboxylic acids is 1. The summed E-state index contributed by atoms with van der Waals surface area (Å²) in [6.45, 7) is 7.04. The average molecular weight is 1920 g/mol. The summed E-state index contributed by atoms with van der Waals surface area (Å²) in [5.41, 5.74) is 9.66. The summed E-state index contributed by atoms with van der Waals surface area (Å²) in [5.74, 6) is -1.25. The zero-order valence-corrected chi connectivity index (χ0v) is 61.0. The number of methoxy groups -OCH3 is 2. The molecule has 3 saturated carbocycles. The number of aliphatic hydroxyl groups excluding tert-OH is 1. The van der Waals surface area contributed by atoms with Crippen LogP contribution in [-0.2, 0) is 42.7 Å². The van der Waals surface area contributed by atoms with Gasteiger partial charge in [-0.15, -0.1) is 24.0 Å². The van der Waals surface area contributed by atoms with Crippen molar-refractivity contribution in [2.45, 2.75) is 174 Å². The Labute approximate surface area is 559 Å². The quantitative estimate of drug-likeness (QED) is 0.0199. The molecule has 462 valence electrons. The van der Waals surface area contributed by atoms with Crippen LogP contribution >= 0.6 is 155 Å². The third kappa shape index (κ3) is 44.4. The van der Waals surface area contributed by atoms with Gasteiger partial charge < -0.3 is 41.4 Å². The standard InChI is InChI=1S/C14H19ClN4O4.C10H19NO2.C5H11NO2.C5H8O.C4HCl2N3O2.C4H9NO2.CH4.Cl2OS.I3.I2.HI/c1-3-10(13(20)23-2)18(9-6-4-5-7-9)12-11(19(21)22)8-16-14(15)17-12;1-2-9(10(13)7-12)11-8-5-3-4-6-8;1-3-4(6)5(7)8-2;6-5-3-1-2-4-5;5-3-2(9(10)11)1-7-4(6)8-3;1-2-3(5)4(6)7;;1-4(2)3;1-3-2;1-2;/h8-10H,3-7H2,1-2H3;8-9,11-12H,2-7H2,1H3;4H,3,6H2,1-2H3;1-4H2;1H;3H,2,5H2,1H3,(H,6,7);1H4;;;;1H/q;;;;;;;;-1;;/t10-;9-;4-;;;3-;;;;;/m111..1...../s1. The van der Waals surface area contributed by atoms with Gasteiger partial charge >= 0.3 is 79.8 Å². The number of halogens is 11. The predicted molar refractivity (Wildman–Crippen MR) is 353 cm³/mol. The van der Waals surface area contributed by atoms with E-state index >= 15 is 0 Å². The Kier molecular flexibility index (Phi) is 65.8. The second-order valence-electron chi connectivity index (χ2n) is 15.6. The van der Waals surface area contributed by atoms with Gasteiger partial charge in [-0.1, -0.05) is 72.4 Å². The number of esters is 2. The van der Waals surface area contributed by atoms with Crippen LogP contribution in [0.1, 0.15) is 138 Å². The topological polar surface area (TPSA) is 366 Å². The molecule has 24 nitrogen and oxygen atoms in total. The molecule has 0 amide bonds. The maximum atomic E-state index is 12.2. The van der Waals surface area contributed by atoms with Gasteiger partial charge in [-0.25, -0.2) is 19.0 Å². The number of nitrogens with two attached hydrogens (primary N) is 2. The number of carboxylic acid groups (broad SMARTS) is 1. The Balaban J connectivity index is -0.000000206. The van der Waals surface area contributed by atoms with Crippen LogP contribution in [0.5, 0.6) is 0 Å². The van der Waals surface area contributed by atoms with Crippen molar-refractivity contribution in [3.63, 3.8) is 0 Å². The molecule has 2 aromatic heterocycles. The Morgan fingerprint density at radius 2 is 1.23 bits per heavy atom. The first-order valence-electron chi connectivity index (χ1n) is 23.2. The first kappa shape index (κ1) is 90.5. The van der Waals surface area contributed by atoms with Gasteiger partial charge in [-0.3, -0.25) is 39.4 Å². The molecule has 0 radical (unpaired) electrons. The number of aliphatic hydroxyl groups is 1.